The van der Waals surface area contributed by atoms with Crippen molar-refractivity contribution in [3.05, 3.63) is 60.2 Å². The molecule has 1 atom stereocenters. The van der Waals surface area contributed by atoms with Crippen LogP contribution in [0.5, 0.6) is 11.5 Å². The minimum absolute atomic E-state index is 0.0371. The fourth-order valence-electron chi connectivity index (χ4n) is 2.77. The normalized spacial score (nSPS) is 19.0. The number of hydrogen-bond acceptors (Lipinski definition) is 4. The van der Waals surface area contributed by atoms with Gasteiger partial charge in [-0.15, -0.1) is 0 Å². The molecule has 1 heterocycles. The van der Waals surface area contributed by atoms with Crippen LogP contribution in [-0.4, -0.2) is 43.8 Å². The summed E-state index contributed by atoms with van der Waals surface area (Å²) in [7, 11) is -1.37. The van der Waals surface area contributed by atoms with E-state index in [1.54, 1.807) is 31.3 Å². The zero-order chi connectivity index (χ0) is 17.2. The number of nitrogens with zero attached hydrogens (tertiary/aromatic N) is 1. The van der Waals surface area contributed by atoms with E-state index in [0.29, 0.717) is 23.5 Å². The average Bonchev–Trinajstić information content (AvgIpc) is 2.95. The van der Waals surface area contributed by atoms with Crippen molar-refractivity contribution in [2.75, 3.05) is 18.6 Å². The first-order chi connectivity index (χ1) is 11.4. The van der Waals surface area contributed by atoms with Crippen molar-refractivity contribution in [1.29, 1.82) is 0 Å². The topological polar surface area (TPSA) is 63.7 Å². The van der Waals surface area contributed by atoms with Crippen LogP contribution in [0.25, 0.3) is 0 Å². The van der Waals surface area contributed by atoms with E-state index in [4.69, 9.17) is 4.74 Å². The molecule has 24 heavy (non-hydrogen) atoms. The fourth-order valence-corrected chi connectivity index (χ4v) is 4.54. The van der Waals surface area contributed by atoms with Gasteiger partial charge >= 0.3 is 0 Å². The molecule has 0 aromatic heterocycles. The molecule has 1 aliphatic rings. The van der Waals surface area contributed by atoms with E-state index in [9.17, 15) is 13.2 Å². The van der Waals surface area contributed by atoms with Crippen LogP contribution >= 0.6 is 0 Å². The lowest BCUT2D eigenvalue weighted by Crippen LogP contribution is -2.37. The summed E-state index contributed by atoms with van der Waals surface area (Å²) in [4.78, 5) is 14.1. The van der Waals surface area contributed by atoms with Gasteiger partial charge in [-0.1, -0.05) is 24.3 Å². The Hall–Kier alpha value is -2.34. The molecule has 0 aliphatic carbocycles. The Bertz CT molecular complexity index is 833. The maximum absolute atomic E-state index is 12.6. The van der Waals surface area contributed by atoms with Gasteiger partial charge in [0.05, 0.1) is 11.5 Å². The Morgan fingerprint density at radius 1 is 1.08 bits per heavy atom. The number of carbonyl (C=O) groups is 1. The van der Waals surface area contributed by atoms with Gasteiger partial charge < -0.3 is 9.64 Å². The molecule has 0 N–H and O–H groups in total. The monoisotopic (exact) mass is 345 g/mol. The number of hydrogen-bond donors (Lipinski definition) is 0. The Labute approximate surface area is 141 Å². The molecule has 1 unspecified atom stereocenters. The molecule has 2 aromatic rings. The van der Waals surface area contributed by atoms with Crippen LogP contribution in [0.4, 0.5) is 0 Å². The van der Waals surface area contributed by atoms with Gasteiger partial charge in [-0.3, -0.25) is 4.79 Å². The Morgan fingerprint density at radius 2 is 1.79 bits per heavy atom. The molecule has 126 valence electrons. The number of ether oxygens (including phenoxy) is 1. The Kier molecular flexibility index (Phi) is 4.57. The predicted octanol–water partition coefficient (Wildman–Crippen LogP) is 2.74. The van der Waals surface area contributed by atoms with Crippen molar-refractivity contribution < 1.29 is 17.9 Å². The molecular weight excluding hydrogens is 326 g/mol. The molecule has 0 saturated carbocycles. The second kappa shape index (κ2) is 6.65. The molecule has 5 nitrogen and oxygen atoms in total. The second-order valence-corrected chi connectivity index (χ2v) is 8.14. The summed E-state index contributed by atoms with van der Waals surface area (Å²) in [6, 6.07) is 16.0. The average molecular weight is 345 g/mol. The van der Waals surface area contributed by atoms with Crippen molar-refractivity contribution in [3.63, 3.8) is 0 Å². The second-order valence-electron chi connectivity index (χ2n) is 5.92. The Morgan fingerprint density at radius 3 is 2.46 bits per heavy atom. The van der Waals surface area contributed by atoms with E-state index >= 15 is 0 Å². The molecule has 3 rings (SSSR count). The molecule has 0 spiro atoms. The van der Waals surface area contributed by atoms with Gasteiger partial charge in [-0.2, -0.15) is 0 Å². The van der Waals surface area contributed by atoms with Crippen LogP contribution in [0.3, 0.4) is 0 Å². The highest BCUT2D eigenvalue weighted by Crippen LogP contribution is 2.24. The van der Waals surface area contributed by atoms with Crippen molar-refractivity contribution in [2.45, 2.75) is 12.5 Å². The minimum Gasteiger partial charge on any atom is -0.457 e. The summed E-state index contributed by atoms with van der Waals surface area (Å²) in [5, 5.41) is 0. The highest BCUT2D eigenvalue weighted by molar-refractivity contribution is 7.91. The molecule has 2 aromatic carbocycles. The summed E-state index contributed by atoms with van der Waals surface area (Å²) in [6.07, 6.45) is 0.491. The summed E-state index contributed by atoms with van der Waals surface area (Å²) in [6.45, 7) is 0. The number of amides is 1. The lowest BCUT2D eigenvalue weighted by Gasteiger charge is -2.23. The molecule has 1 aliphatic heterocycles. The van der Waals surface area contributed by atoms with E-state index in [0.717, 1.165) is 0 Å². The van der Waals surface area contributed by atoms with Gasteiger partial charge in [0.1, 0.15) is 11.5 Å². The zero-order valence-electron chi connectivity index (χ0n) is 13.4. The summed E-state index contributed by atoms with van der Waals surface area (Å²) < 4.78 is 28.9. The summed E-state index contributed by atoms with van der Waals surface area (Å²) in [5.74, 6) is 1.24. The van der Waals surface area contributed by atoms with Crippen LogP contribution < -0.4 is 4.74 Å². The third kappa shape index (κ3) is 3.76. The highest BCUT2D eigenvalue weighted by atomic mass is 32.2. The van der Waals surface area contributed by atoms with E-state index < -0.39 is 9.84 Å². The standard InChI is InChI=1S/C18H19NO4S/c1-19(15-10-11-24(21,22)13-15)18(20)14-6-5-9-17(12-14)23-16-7-3-2-4-8-16/h2-9,12,15H,10-11,13H2,1H3. The fraction of sp³-hybridized carbons (Fsp3) is 0.278. The first kappa shape index (κ1) is 16.5. The first-order valence-corrected chi connectivity index (χ1v) is 9.57. The Balaban J connectivity index is 1.74. The van der Waals surface area contributed by atoms with E-state index in [1.165, 1.54) is 4.90 Å². The predicted molar refractivity (Wildman–Crippen MR) is 92.1 cm³/mol. The van der Waals surface area contributed by atoms with Crippen LogP contribution in [0.1, 0.15) is 16.8 Å². The maximum Gasteiger partial charge on any atom is 0.254 e. The largest absolute Gasteiger partial charge is 0.457 e. The van der Waals surface area contributed by atoms with Crippen molar-refractivity contribution in [3.8, 4) is 11.5 Å². The van der Waals surface area contributed by atoms with Gasteiger partial charge in [0, 0.05) is 18.7 Å². The summed E-state index contributed by atoms with van der Waals surface area (Å²) in [5.41, 5.74) is 0.482. The maximum atomic E-state index is 12.6. The summed E-state index contributed by atoms with van der Waals surface area (Å²) >= 11 is 0. The van der Waals surface area contributed by atoms with Gasteiger partial charge in [0.15, 0.2) is 9.84 Å². The quantitative estimate of drug-likeness (QED) is 0.855. The number of sulfone groups is 1. The zero-order valence-corrected chi connectivity index (χ0v) is 14.2. The molecule has 6 heteroatoms. The van der Waals surface area contributed by atoms with Gasteiger partial charge in [0.2, 0.25) is 0 Å². The van der Waals surface area contributed by atoms with Crippen molar-refractivity contribution >= 4 is 15.7 Å². The van der Waals surface area contributed by atoms with Gasteiger partial charge in [-0.25, -0.2) is 8.42 Å². The number of rotatable bonds is 4. The molecule has 0 radical (unpaired) electrons. The molecular formula is C18H19NO4S. The lowest BCUT2D eigenvalue weighted by molar-refractivity contribution is 0.0747. The number of benzene rings is 2. The van der Waals surface area contributed by atoms with Crippen LogP contribution in [0, 0.1) is 0 Å². The van der Waals surface area contributed by atoms with Crippen LogP contribution in [-0.2, 0) is 9.84 Å². The van der Waals surface area contributed by atoms with E-state index in [2.05, 4.69) is 0 Å². The van der Waals surface area contributed by atoms with Gasteiger partial charge in [0.25, 0.3) is 5.91 Å². The number of carbonyl (C=O) groups excluding carboxylic acids is 1. The van der Waals surface area contributed by atoms with Crippen molar-refractivity contribution in [2.24, 2.45) is 0 Å². The third-order valence-electron chi connectivity index (χ3n) is 4.14. The van der Waals surface area contributed by atoms with Crippen LogP contribution in [0.15, 0.2) is 54.6 Å². The molecule has 1 amide bonds. The lowest BCUT2D eigenvalue weighted by atomic mass is 10.1. The van der Waals surface area contributed by atoms with Gasteiger partial charge in [-0.05, 0) is 36.8 Å². The third-order valence-corrected chi connectivity index (χ3v) is 5.89. The van der Waals surface area contributed by atoms with E-state index in [1.807, 2.05) is 30.3 Å². The molecule has 0 bridgehead atoms. The first-order valence-electron chi connectivity index (χ1n) is 7.75. The molecule has 1 fully saturated rings. The minimum atomic E-state index is -3.02. The highest BCUT2D eigenvalue weighted by Gasteiger charge is 2.33. The van der Waals surface area contributed by atoms with Crippen molar-refractivity contribution in [1.82, 2.24) is 4.90 Å². The number of para-hydroxylation sites is 1. The SMILES string of the molecule is CN(C(=O)c1cccc(Oc2ccccc2)c1)C1CCS(=O)(=O)C1. The molecule has 1 saturated heterocycles. The van der Waals surface area contributed by atoms with E-state index in [-0.39, 0.29) is 23.5 Å². The smallest absolute Gasteiger partial charge is 0.254 e. The van der Waals surface area contributed by atoms with Crippen LogP contribution in [0.2, 0.25) is 0 Å².